The Hall–Kier alpha value is 0.350. The van der Waals surface area contributed by atoms with Crippen molar-refractivity contribution in [2.24, 2.45) is 0 Å². The van der Waals surface area contributed by atoms with Crippen LogP contribution in [0.5, 0.6) is 0 Å². The first-order valence-electron chi connectivity index (χ1n) is 1.99. The summed E-state index contributed by atoms with van der Waals surface area (Å²) in [4.78, 5) is 0. The summed E-state index contributed by atoms with van der Waals surface area (Å²) in [6.07, 6.45) is 3.67. The monoisotopic (exact) mass is 103 g/mol. The van der Waals surface area contributed by atoms with E-state index in [-0.39, 0.29) is 0 Å². The summed E-state index contributed by atoms with van der Waals surface area (Å²) in [5, 5.41) is 0. The van der Waals surface area contributed by atoms with Gasteiger partial charge in [-0.25, -0.2) is 0 Å². The van der Waals surface area contributed by atoms with Gasteiger partial charge in [-0.1, -0.05) is 20.8 Å². The molecule has 0 fully saturated rings. The van der Waals surface area contributed by atoms with Gasteiger partial charge in [-0.05, 0) is 0 Å². The molecular formula is C5H11S. The predicted molar refractivity (Wildman–Crippen MR) is 32.7 cm³/mol. The maximum absolute atomic E-state index is 3.67. The van der Waals surface area contributed by atoms with Crippen LogP contribution in [0.2, 0.25) is 0 Å². The number of hydrogen-bond acceptors (Lipinski definition) is 1. The fraction of sp³-hybridized carbons (Fsp3) is 0.800. The van der Waals surface area contributed by atoms with E-state index in [0.29, 0.717) is 4.75 Å². The molecule has 6 heavy (non-hydrogen) atoms. The first kappa shape index (κ1) is 6.35. The van der Waals surface area contributed by atoms with E-state index in [9.17, 15) is 0 Å². The molecule has 0 saturated heterocycles. The molecule has 0 saturated carbocycles. The summed E-state index contributed by atoms with van der Waals surface area (Å²) >= 11 is 1.63. The van der Waals surface area contributed by atoms with E-state index in [1.807, 2.05) is 0 Å². The normalized spacial score (nSPS) is 12.0. The van der Waals surface area contributed by atoms with Crippen molar-refractivity contribution >= 4 is 11.8 Å². The van der Waals surface area contributed by atoms with Gasteiger partial charge in [0.05, 0.1) is 0 Å². The first-order chi connectivity index (χ1) is 2.56. The molecule has 37 valence electrons. The maximum Gasteiger partial charge on any atom is 0.00753 e. The molecule has 0 bridgehead atoms. The summed E-state index contributed by atoms with van der Waals surface area (Å²) in [5.74, 6) is 0. The van der Waals surface area contributed by atoms with Crippen LogP contribution in [0.4, 0.5) is 0 Å². The first-order valence-corrected chi connectivity index (χ1v) is 2.98. The Morgan fingerprint density at radius 1 is 1.33 bits per heavy atom. The number of thioether (sulfide) groups is 1. The lowest BCUT2D eigenvalue weighted by molar-refractivity contribution is 0.807. The van der Waals surface area contributed by atoms with Gasteiger partial charge in [-0.3, -0.25) is 0 Å². The number of hydrogen-bond donors (Lipinski definition) is 0. The SMILES string of the molecule is [CH2]SC(C)(C)C. The summed E-state index contributed by atoms with van der Waals surface area (Å²) in [5.41, 5.74) is 0. The second-order valence-corrected chi connectivity index (χ2v) is 3.77. The van der Waals surface area contributed by atoms with Crippen LogP contribution < -0.4 is 0 Å². The lowest BCUT2D eigenvalue weighted by Gasteiger charge is -2.12. The molecule has 0 heterocycles. The number of rotatable bonds is 0. The van der Waals surface area contributed by atoms with Crippen LogP contribution in [0.1, 0.15) is 20.8 Å². The van der Waals surface area contributed by atoms with Crippen molar-refractivity contribution in [3.63, 3.8) is 0 Å². The van der Waals surface area contributed by atoms with Gasteiger partial charge in [-0.2, -0.15) is 11.8 Å². The summed E-state index contributed by atoms with van der Waals surface area (Å²) in [7, 11) is 0. The minimum Gasteiger partial charge on any atom is -0.155 e. The second-order valence-electron chi connectivity index (χ2n) is 2.26. The Balaban J connectivity index is 3.17. The molecule has 0 amide bonds. The van der Waals surface area contributed by atoms with E-state index in [1.54, 1.807) is 11.8 Å². The van der Waals surface area contributed by atoms with Crippen molar-refractivity contribution < 1.29 is 0 Å². The Kier molecular flexibility index (Phi) is 1.98. The standard InChI is InChI=1S/C5H11S/c1-5(2,3)6-4/h4H2,1-3H3. The molecule has 1 heteroatoms. The molecule has 1 radical (unpaired) electrons. The Morgan fingerprint density at radius 2 is 1.50 bits per heavy atom. The highest BCUT2D eigenvalue weighted by Gasteiger charge is 2.04. The van der Waals surface area contributed by atoms with Crippen LogP contribution in [0, 0.1) is 6.26 Å². The maximum atomic E-state index is 3.67. The van der Waals surface area contributed by atoms with Gasteiger partial charge in [0, 0.05) is 11.0 Å². The van der Waals surface area contributed by atoms with Crippen LogP contribution >= 0.6 is 11.8 Å². The van der Waals surface area contributed by atoms with Gasteiger partial charge in [0.15, 0.2) is 0 Å². The zero-order valence-electron chi connectivity index (χ0n) is 4.62. The van der Waals surface area contributed by atoms with Gasteiger partial charge in [0.1, 0.15) is 0 Å². The van der Waals surface area contributed by atoms with E-state index >= 15 is 0 Å². The minimum absolute atomic E-state index is 0.347. The summed E-state index contributed by atoms with van der Waals surface area (Å²) in [6.45, 7) is 6.43. The summed E-state index contributed by atoms with van der Waals surface area (Å²) < 4.78 is 0.347. The highest BCUT2D eigenvalue weighted by molar-refractivity contribution is 8.01. The fourth-order valence-corrected chi connectivity index (χ4v) is 0. The van der Waals surface area contributed by atoms with Crippen molar-refractivity contribution in [2.75, 3.05) is 0 Å². The van der Waals surface area contributed by atoms with Crippen LogP contribution in [0.3, 0.4) is 0 Å². The third-order valence-electron chi connectivity index (χ3n) is 0.433. The van der Waals surface area contributed by atoms with Gasteiger partial charge >= 0.3 is 0 Å². The topological polar surface area (TPSA) is 0 Å². The summed E-state index contributed by atoms with van der Waals surface area (Å²) in [6, 6.07) is 0. The minimum atomic E-state index is 0.347. The third-order valence-corrected chi connectivity index (χ3v) is 1.30. The zero-order chi connectivity index (χ0) is 5.21. The smallest absolute Gasteiger partial charge is 0.00753 e. The van der Waals surface area contributed by atoms with Crippen molar-refractivity contribution in [1.29, 1.82) is 0 Å². The van der Waals surface area contributed by atoms with Crippen LogP contribution in [-0.4, -0.2) is 4.75 Å². The average molecular weight is 103 g/mol. The quantitative estimate of drug-likeness (QED) is 0.453. The third kappa shape index (κ3) is 4.35. The highest BCUT2D eigenvalue weighted by atomic mass is 32.2. The second kappa shape index (κ2) is 1.87. The molecule has 0 spiro atoms. The lowest BCUT2D eigenvalue weighted by Crippen LogP contribution is -2.03. The molecule has 0 aliphatic heterocycles. The van der Waals surface area contributed by atoms with Gasteiger partial charge in [0.25, 0.3) is 0 Å². The Morgan fingerprint density at radius 3 is 1.50 bits per heavy atom. The molecule has 0 atom stereocenters. The average Bonchev–Trinajstić information content (AvgIpc) is 1.35. The molecule has 0 unspecified atom stereocenters. The molecule has 0 nitrogen and oxygen atoms in total. The van der Waals surface area contributed by atoms with Crippen molar-refractivity contribution in [3.05, 3.63) is 6.26 Å². The molecular weight excluding hydrogens is 92.1 g/mol. The largest absolute Gasteiger partial charge is 0.155 e. The van der Waals surface area contributed by atoms with E-state index in [1.165, 1.54) is 0 Å². The highest BCUT2D eigenvalue weighted by Crippen LogP contribution is 2.20. The van der Waals surface area contributed by atoms with E-state index < -0.39 is 0 Å². The van der Waals surface area contributed by atoms with Crippen molar-refractivity contribution in [3.8, 4) is 0 Å². The fourth-order valence-electron chi connectivity index (χ4n) is 0. The van der Waals surface area contributed by atoms with Crippen molar-refractivity contribution in [1.82, 2.24) is 0 Å². The Labute approximate surface area is 44.3 Å². The van der Waals surface area contributed by atoms with Gasteiger partial charge in [0.2, 0.25) is 0 Å². The van der Waals surface area contributed by atoms with Crippen LogP contribution in [0.25, 0.3) is 0 Å². The Bertz CT molecular complexity index is 33.7. The predicted octanol–water partition coefficient (Wildman–Crippen LogP) is 2.31. The molecule has 0 rings (SSSR count). The van der Waals surface area contributed by atoms with Crippen LogP contribution in [-0.2, 0) is 0 Å². The van der Waals surface area contributed by atoms with Crippen LogP contribution in [0.15, 0.2) is 0 Å². The molecule has 0 aliphatic rings. The molecule has 0 aromatic carbocycles. The zero-order valence-corrected chi connectivity index (χ0v) is 5.43. The lowest BCUT2D eigenvalue weighted by atomic mass is 10.3. The van der Waals surface area contributed by atoms with E-state index in [2.05, 4.69) is 27.0 Å². The molecule has 0 aromatic rings. The van der Waals surface area contributed by atoms with Crippen molar-refractivity contribution in [2.45, 2.75) is 25.5 Å². The van der Waals surface area contributed by atoms with Gasteiger partial charge in [-0.15, -0.1) is 0 Å². The molecule has 0 N–H and O–H groups in total. The molecule has 0 aromatic heterocycles. The molecule has 0 aliphatic carbocycles. The van der Waals surface area contributed by atoms with Gasteiger partial charge < -0.3 is 0 Å². The van der Waals surface area contributed by atoms with E-state index in [4.69, 9.17) is 0 Å². The van der Waals surface area contributed by atoms with E-state index in [0.717, 1.165) is 0 Å².